The Kier molecular flexibility index (Phi) is 7.64. The van der Waals surface area contributed by atoms with Crippen LogP contribution in [-0.2, 0) is 0 Å². The lowest BCUT2D eigenvalue weighted by atomic mass is 9.96. The number of alkyl halides is 1. The molecule has 10 heteroatoms. The number of rotatable bonds is 8. The fourth-order valence-electron chi connectivity index (χ4n) is 4.71. The van der Waals surface area contributed by atoms with Crippen LogP contribution in [0, 0.1) is 16.7 Å². The molecule has 0 saturated heterocycles. The highest BCUT2D eigenvalue weighted by atomic mass is 35.5. The summed E-state index contributed by atoms with van der Waals surface area (Å²) in [5.41, 5.74) is 10.6. The molecule has 8 nitrogen and oxygen atoms in total. The summed E-state index contributed by atoms with van der Waals surface area (Å²) in [5, 5.41) is 20.9. The monoisotopic (exact) mass is 572 g/mol. The molecule has 4 aromatic rings. The third-order valence-corrected chi connectivity index (χ3v) is 7.31. The molecule has 2 aromatic carbocycles. The quantitative estimate of drug-likeness (QED) is 0.182. The number of benzene rings is 2. The van der Waals surface area contributed by atoms with Crippen LogP contribution in [-0.4, -0.2) is 33.7 Å². The van der Waals surface area contributed by atoms with E-state index in [0.717, 1.165) is 33.2 Å². The Morgan fingerprint density at radius 3 is 2.63 bits per heavy atom. The van der Waals surface area contributed by atoms with E-state index in [0.29, 0.717) is 28.3 Å². The van der Waals surface area contributed by atoms with Gasteiger partial charge in [-0.25, -0.2) is 4.39 Å². The van der Waals surface area contributed by atoms with Gasteiger partial charge in [-0.3, -0.25) is 15.0 Å². The molecule has 1 aliphatic rings. The van der Waals surface area contributed by atoms with Gasteiger partial charge in [0, 0.05) is 41.6 Å². The van der Waals surface area contributed by atoms with Crippen LogP contribution >= 0.6 is 11.6 Å². The summed E-state index contributed by atoms with van der Waals surface area (Å²) in [6.45, 7) is 10.1. The lowest BCUT2D eigenvalue weighted by Gasteiger charge is -2.31. The van der Waals surface area contributed by atoms with Gasteiger partial charge in [0.15, 0.2) is 0 Å². The van der Waals surface area contributed by atoms with Crippen molar-refractivity contribution in [2.24, 2.45) is 5.41 Å². The zero-order chi connectivity index (χ0) is 29.4. The number of nitrogens with one attached hydrogen (secondary N) is 4. The summed E-state index contributed by atoms with van der Waals surface area (Å²) in [6, 6.07) is 15.6. The molecule has 0 radical (unpaired) electrons. The Morgan fingerprint density at radius 1 is 1.10 bits per heavy atom. The number of halogens is 2. The summed E-state index contributed by atoms with van der Waals surface area (Å²) in [5.74, 6) is 0. The normalized spacial score (nSPS) is 14.5. The molecule has 1 atom stereocenters. The van der Waals surface area contributed by atoms with Crippen LogP contribution in [0.25, 0.3) is 21.8 Å². The van der Waals surface area contributed by atoms with E-state index >= 15 is 0 Å². The van der Waals surface area contributed by atoms with Crippen molar-refractivity contribution in [3.8, 4) is 6.07 Å². The van der Waals surface area contributed by atoms with Crippen molar-refractivity contribution >= 4 is 44.8 Å². The Labute approximate surface area is 244 Å². The van der Waals surface area contributed by atoms with Crippen molar-refractivity contribution in [2.75, 3.05) is 23.9 Å². The SMILES string of the molecule is CC(C)(C)CNc1c(C#N)cnc2c(Cl)cc(N[C@H](C3=CN(C(C)(C)CF)NN3)c3cccc4ncccc34)cc12. The summed E-state index contributed by atoms with van der Waals surface area (Å²) in [6.07, 6.45) is 5.20. The maximum Gasteiger partial charge on any atom is 0.114 e. The van der Waals surface area contributed by atoms with E-state index in [-0.39, 0.29) is 11.5 Å². The molecule has 4 N–H and O–H groups in total. The van der Waals surface area contributed by atoms with Crippen LogP contribution in [0.4, 0.5) is 15.8 Å². The minimum atomic E-state index is -0.765. The zero-order valence-electron chi connectivity index (χ0n) is 23.8. The number of pyridine rings is 2. The highest BCUT2D eigenvalue weighted by Crippen LogP contribution is 2.37. The van der Waals surface area contributed by atoms with Crippen LogP contribution < -0.4 is 21.6 Å². The molecule has 0 aliphatic carbocycles. The van der Waals surface area contributed by atoms with Gasteiger partial charge in [-0.2, -0.15) is 5.26 Å². The van der Waals surface area contributed by atoms with Crippen LogP contribution in [0.3, 0.4) is 0 Å². The second-order valence-corrected chi connectivity index (χ2v) is 12.5. The molecule has 1 aliphatic heterocycles. The van der Waals surface area contributed by atoms with Crippen molar-refractivity contribution < 1.29 is 4.39 Å². The first-order chi connectivity index (χ1) is 19.5. The van der Waals surface area contributed by atoms with E-state index in [2.05, 4.69) is 58.4 Å². The maximum atomic E-state index is 13.8. The van der Waals surface area contributed by atoms with E-state index in [9.17, 15) is 9.65 Å². The zero-order valence-corrected chi connectivity index (χ0v) is 24.6. The standard InChI is InChI=1S/C31H34ClFN8/c1-30(2,3)18-37-27-19(14-34)15-36-28-23(27)12-20(13-24(28)32)38-29(26-16-41(40-39-26)31(4,5)17-33)22-8-6-10-25-21(22)9-7-11-35-25/h6-13,15-16,29,38-40H,17-18H2,1-5H3,(H,36,37)/t29-/m0/s1. The maximum absolute atomic E-state index is 13.8. The average molecular weight is 573 g/mol. The van der Waals surface area contributed by atoms with Gasteiger partial charge in [-0.1, -0.05) is 50.6 Å². The van der Waals surface area contributed by atoms with Gasteiger partial charge in [0.05, 0.1) is 44.6 Å². The predicted molar refractivity (Wildman–Crippen MR) is 164 cm³/mol. The van der Waals surface area contributed by atoms with Gasteiger partial charge in [0.2, 0.25) is 0 Å². The van der Waals surface area contributed by atoms with Crippen LogP contribution in [0.15, 0.2) is 66.8 Å². The average Bonchev–Trinajstić information content (AvgIpc) is 3.45. The number of nitriles is 1. The molecule has 0 saturated carbocycles. The Balaban J connectivity index is 1.64. The molecular formula is C31H34ClFN8. The van der Waals surface area contributed by atoms with Gasteiger partial charge in [-0.15, -0.1) is 5.53 Å². The first-order valence-corrected chi connectivity index (χ1v) is 13.8. The van der Waals surface area contributed by atoms with Crippen molar-refractivity contribution in [1.29, 1.82) is 5.26 Å². The third kappa shape index (κ3) is 5.85. The van der Waals surface area contributed by atoms with Crippen molar-refractivity contribution in [1.82, 2.24) is 25.9 Å². The number of hydrogen-bond donors (Lipinski definition) is 4. The second kappa shape index (κ2) is 11.0. The summed E-state index contributed by atoms with van der Waals surface area (Å²) in [4.78, 5) is 9.03. The molecule has 0 fully saturated rings. The molecule has 0 unspecified atom stereocenters. The molecule has 0 spiro atoms. The Bertz CT molecular complexity index is 1670. The first kappa shape index (κ1) is 28.4. The Hall–Kier alpha value is -4.13. The fourth-order valence-corrected chi connectivity index (χ4v) is 4.97. The molecule has 212 valence electrons. The summed E-state index contributed by atoms with van der Waals surface area (Å²) in [7, 11) is 0. The molecular weight excluding hydrogens is 539 g/mol. The number of aromatic nitrogens is 2. The van der Waals surface area contributed by atoms with Gasteiger partial charge >= 0.3 is 0 Å². The largest absolute Gasteiger partial charge is 0.383 e. The Morgan fingerprint density at radius 2 is 1.90 bits per heavy atom. The number of nitrogens with zero attached hydrogens (tertiary/aromatic N) is 4. The van der Waals surface area contributed by atoms with Crippen molar-refractivity contribution in [3.05, 3.63) is 82.9 Å². The van der Waals surface area contributed by atoms with E-state index < -0.39 is 12.2 Å². The van der Waals surface area contributed by atoms with Gasteiger partial charge < -0.3 is 16.1 Å². The van der Waals surface area contributed by atoms with Gasteiger partial charge in [-0.05, 0) is 49.1 Å². The van der Waals surface area contributed by atoms with Gasteiger partial charge in [0.1, 0.15) is 12.7 Å². The van der Waals surface area contributed by atoms with E-state index in [1.165, 1.54) is 0 Å². The van der Waals surface area contributed by atoms with Crippen molar-refractivity contribution in [2.45, 2.75) is 46.2 Å². The van der Waals surface area contributed by atoms with Crippen molar-refractivity contribution in [3.63, 3.8) is 0 Å². The minimum absolute atomic E-state index is 0.0116. The smallest absolute Gasteiger partial charge is 0.114 e. The highest BCUT2D eigenvalue weighted by molar-refractivity contribution is 6.35. The lowest BCUT2D eigenvalue weighted by molar-refractivity contribution is 0.0936. The van der Waals surface area contributed by atoms with E-state index in [4.69, 9.17) is 11.6 Å². The second-order valence-electron chi connectivity index (χ2n) is 12.1. The van der Waals surface area contributed by atoms with E-state index in [1.54, 1.807) is 17.4 Å². The number of fused-ring (bicyclic) bond motifs is 2. The minimum Gasteiger partial charge on any atom is -0.383 e. The summed E-state index contributed by atoms with van der Waals surface area (Å²) < 4.78 is 13.8. The van der Waals surface area contributed by atoms with E-state index in [1.807, 2.05) is 62.5 Å². The molecule has 3 heterocycles. The first-order valence-electron chi connectivity index (χ1n) is 13.5. The number of hydrogen-bond acceptors (Lipinski definition) is 8. The summed E-state index contributed by atoms with van der Waals surface area (Å²) >= 11 is 6.79. The molecule has 5 rings (SSSR count). The molecule has 0 amide bonds. The fraction of sp³-hybridized carbons (Fsp3) is 0.323. The third-order valence-electron chi connectivity index (χ3n) is 7.02. The van der Waals surface area contributed by atoms with Crippen LogP contribution in [0.5, 0.6) is 0 Å². The number of anilines is 2. The predicted octanol–water partition coefficient (Wildman–Crippen LogP) is 6.83. The van der Waals surface area contributed by atoms with Crippen LogP contribution in [0.1, 0.15) is 51.8 Å². The highest BCUT2D eigenvalue weighted by Gasteiger charge is 2.32. The van der Waals surface area contributed by atoms with Crippen LogP contribution in [0.2, 0.25) is 5.02 Å². The van der Waals surface area contributed by atoms with Gasteiger partial charge in [0.25, 0.3) is 0 Å². The molecule has 2 aromatic heterocycles. The topological polar surface area (TPSA) is 101 Å². The molecule has 41 heavy (non-hydrogen) atoms. The molecule has 0 bridgehead atoms. The lowest BCUT2D eigenvalue weighted by Crippen LogP contribution is -2.50. The number of hydrazine groups is 2.